The van der Waals surface area contributed by atoms with Gasteiger partial charge >= 0.3 is 6.18 Å². The number of carbonyl (C=O) groups excluding carboxylic acids is 1. The van der Waals surface area contributed by atoms with Gasteiger partial charge in [0.2, 0.25) is 0 Å². The Morgan fingerprint density at radius 2 is 1.87 bits per heavy atom. The largest absolute Gasteiger partial charge is 0.419 e. The third kappa shape index (κ3) is 5.88. The predicted molar refractivity (Wildman–Crippen MR) is 139 cm³/mol. The molecule has 0 amide bonds. The molecule has 0 bridgehead atoms. The average Bonchev–Trinajstić information content (AvgIpc) is 3.22. The van der Waals surface area contributed by atoms with E-state index < -0.39 is 28.9 Å². The number of amidine groups is 1. The lowest BCUT2D eigenvalue weighted by atomic mass is 10.0. The van der Waals surface area contributed by atoms with Gasteiger partial charge in [-0.1, -0.05) is 18.2 Å². The van der Waals surface area contributed by atoms with Crippen molar-refractivity contribution in [2.75, 3.05) is 29.9 Å². The number of alkyl halides is 3. The molecule has 0 unspecified atom stereocenters. The SMILES string of the molecule is CC1=CC(Nc2cc(N3CCC3)nc(Sc3ccc(CC(=O)c4cccc(C(F)(F)F)c4F)cc3)n2)=NC1. The Bertz CT molecular complexity index is 1430. The highest BCUT2D eigenvalue weighted by Gasteiger charge is 2.35. The molecule has 11 heteroatoms. The fourth-order valence-corrected chi connectivity index (χ4v) is 4.77. The predicted octanol–water partition coefficient (Wildman–Crippen LogP) is 6.19. The molecule has 3 heterocycles. The van der Waals surface area contributed by atoms with Gasteiger partial charge in [0.1, 0.15) is 23.3 Å². The summed E-state index contributed by atoms with van der Waals surface area (Å²) >= 11 is 1.34. The van der Waals surface area contributed by atoms with Crippen molar-refractivity contribution < 1.29 is 22.4 Å². The topological polar surface area (TPSA) is 70.5 Å². The molecule has 0 saturated carbocycles. The number of halogens is 4. The van der Waals surface area contributed by atoms with Gasteiger partial charge in [-0.3, -0.25) is 9.79 Å². The fourth-order valence-electron chi connectivity index (χ4n) is 4.00. The summed E-state index contributed by atoms with van der Waals surface area (Å²) in [6.45, 7) is 4.52. The molecule has 1 fully saturated rings. The zero-order valence-electron chi connectivity index (χ0n) is 20.3. The lowest BCUT2D eigenvalue weighted by molar-refractivity contribution is -0.140. The van der Waals surface area contributed by atoms with Crippen LogP contribution in [0.15, 0.2) is 75.2 Å². The van der Waals surface area contributed by atoms with Crippen LogP contribution in [0.3, 0.4) is 0 Å². The number of nitrogens with zero attached hydrogens (tertiary/aromatic N) is 4. The third-order valence-corrected chi connectivity index (χ3v) is 6.98. The van der Waals surface area contributed by atoms with Crippen LogP contribution in [0.2, 0.25) is 0 Å². The standard InChI is InChI=1S/C27H23F4N5OS/c1-16-12-22(32-15-16)33-23-14-24(36-10-3-11-36)35-26(34-23)38-18-8-6-17(7-9-18)13-21(37)19-4-2-5-20(25(19)28)27(29,30)31/h2,4-9,12,14H,3,10-11,13,15H2,1H3,(H,32,33,34,35). The van der Waals surface area contributed by atoms with Gasteiger partial charge in [-0.05, 0) is 66.6 Å². The second-order valence-corrected chi connectivity index (χ2v) is 10.1. The van der Waals surface area contributed by atoms with Gasteiger partial charge in [-0.2, -0.15) is 13.2 Å². The van der Waals surface area contributed by atoms with Crippen molar-refractivity contribution >= 4 is 35.0 Å². The summed E-state index contributed by atoms with van der Waals surface area (Å²) in [5, 5.41) is 3.78. The van der Waals surface area contributed by atoms with Crippen LogP contribution < -0.4 is 10.2 Å². The van der Waals surface area contributed by atoms with E-state index >= 15 is 0 Å². The zero-order valence-corrected chi connectivity index (χ0v) is 21.2. The van der Waals surface area contributed by atoms with Crippen molar-refractivity contribution in [1.29, 1.82) is 0 Å². The second kappa shape index (κ2) is 10.6. The van der Waals surface area contributed by atoms with Crippen molar-refractivity contribution in [2.45, 2.75) is 36.0 Å². The number of aromatic nitrogens is 2. The average molecular weight is 542 g/mol. The van der Waals surface area contributed by atoms with Gasteiger partial charge in [-0.15, -0.1) is 0 Å². The van der Waals surface area contributed by atoms with Crippen molar-refractivity contribution in [3.63, 3.8) is 0 Å². The number of aliphatic imine (C=N–C) groups is 1. The molecule has 1 aromatic heterocycles. The first kappa shape index (κ1) is 25.9. The van der Waals surface area contributed by atoms with Gasteiger partial charge in [0.05, 0.1) is 17.7 Å². The third-order valence-electron chi connectivity index (χ3n) is 6.11. The fraction of sp³-hybridized carbons (Fsp3) is 0.259. The normalized spacial score (nSPS) is 15.1. The Kier molecular flexibility index (Phi) is 7.20. The summed E-state index contributed by atoms with van der Waals surface area (Å²) in [5.74, 6) is -0.0669. The first-order valence-electron chi connectivity index (χ1n) is 11.9. The van der Waals surface area contributed by atoms with Crippen LogP contribution in [-0.4, -0.2) is 41.2 Å². The minimum atomic E-state index is -4.87. The first-order valence-corrected chi connectivity index (χ1v) is 12.8. The summed E-state index contributed by atoms with van der Waals surface area (Å²) in [7, 11) is 0. The van der Waals surface area contributed by atoms with E-state index in [4.69, 9.17) is 0 Å². The zero-order chi connectivity index (χ0) is 26.9. The number of hydrogen-bond donors (Lipinski definition) is 1. The molecule has 2 aromatic carbocycles. The van der Waals surface area contributed by atoms with Crippen LogP contribution in [0.4, 0.5) is 29.2 Å². The molecule has 196 valence electrons. The van der Waals surface area contributed by atoms with Crippen molar-refractivity contribution in [2.24, 2.45) is 4.99 Å². The molecule has 3 aromatic rings. The summed E-state index contributed by atoms with van der Waals surface area (Å²) in [6.07, 6.45) is -2.02. The van der Waals surface area contributed by atoms with Crippen LogP contribution >= 0.6 is 11.8 Å². The molecule has 6 nitrogen and oxygen atoms in total. The molecule has 0 aliphatic carbocycles. The number of benzene rings is 2. The molecule has 38 heavy (non-hydrogen) atoms. The van der Waals surface area contributed by atoms with Crippen LogP contribution in [0, 0.1) is 5.82 Å². The molecule has 0 atom stereocenters. The molecule has 2 aliphatic rings. The quantitative estimate of drug-likeness (QED) is 0.219. The Morgan fingerprint density at radius 3 is 2.50 bits per heavy atom. The molecule has 0 spiro atoms. The maximum atomic E-state index is 14.3. The number of hydrogen-bond acceptors (Lipinski definition) is 7. The van der Waals surface area contributed by atoms with Crippen LogP contribution in [0.25, 0.3) is 0 Å². The van der Waals surface area contributed by atoms with Gasteiger partial charge in [0, 0.05) is 30.5 Å². The number of nitrogens with one attached hydrogen (secondary N) is 1. The molecule has 2 aliphatic heterocycles. The Morgan fingerprint density at radius 1 is 1.11 bits per heavy atom. The van der Waals surface area contributed by atoms with Crippen LogP contribution in [-0.2, 0) is 12.6 Å². The minimum absolute atomic E-state index is 0.229. The van der Waals surface area contributed by atoms with E-state index in [2.05, 4.69) is 25.2 Å². The Balaban J connectivity index is 1.30. The smallest absolute Gasteiger partial charge is 0.356 e. The van der Waals surface area contributed by atoms with E-state index in [1.807, 2.05) is 19.1 Å². The lowest BCUT2D eigenvalue weighted by Crippen LogP contribution is -2.37. The summed E-state index contributed by atoms with van der Waals surface area (Å²) in [4.78, 5) is 29.3. The van der Waals surface area contributed by atoms with Crippen molar-refractivity contribution in [3.05, 3.63) is 82.7 Å². The van der Waals surface area contributed by atoms with E-state index in [1.165, 1.54) is 11.8 Å². The summed E-state index contributed by atoms with van der Waals surface area (Å²) in [5.41, 5.74) is -0.314. The molecule has 1 saturated heterocycles. The van der Waals surface area contributed by atoms with Gasteiger partial charge in [-0.25, -0.2) is 14.4 Å². The van der Waals surface area contributed by atoms with Gasteiger partial charge < -0.3 is 10.2 Å². The Hall–Kier alpha value is -3.73. The monoisotopic (exact) mass is 541 g/mol. The second-order valence-electron chi connectivity index (χ2n) is 9.06. The van der Waals surface area contributed by atoms with E-state index in [1.54, 1.807) is 24.3 Å². The number of rotatable bonds is 7. The van der Waals surface area contributed by atoms with Crippen molar-refractivity contribution in [3.8, 4) is 0 Å². The van der Waals surface area contributed by atoms with E-state index in [-0.39, 0.29) is 6.42 Å². The minimum Gasteiger partial charge on any atom is -0.356 e. The number of Topliss-reactive ketones (excluding diaryl/α,β-unsaturated/α-hetero) is 1. The van der Waals surface area contributed by atoms with Gasteiger partial charge in [0.15, 0.2) is 10.9 Å². The van der Waals surface area contributed by atoms with E-state index in [0.717, 1.165) is 53.8 Å². The van der Waals surface area contributed by atoms with Crippen LogP contribution in [0.1, 0.15) is 34.8 Å². The van der Waals surface area contributed by atoms with Crippen LogP contribution in [0.5, 0.6) is 0 Å². The molecular formula is C27H23F4N5OS. The lowest BCUT2D eigenvalue weighted by Gasteiger charge is -2.32. The molecule has 0 radical (unpaired) electrons. The number of carbonyl (C=O) groups is 1. The molecule has 1 N–H and O–H groups in total. The maximum absolute atomic E-state index is 14.3. The van der Waals surface area contributed by atoms with E-state index in [0.29, 0.717) is 29.1 Å². The maximum Gasteiger partial charge on any atom is 0.419 e. The highest BCUT2D eigenvalue weighted by molar-refractivity contribution is 7.99. The summed E-state index contributed by atoms with van der Waals surface area (Å²) < 4.78 is 53.3. The van der Waals surface area contributed by atoms with Gasteiger partial charge in [0.25, 0.3) is 0 Å². The van der Waals surface area contributed by atoms with E-state index in [9.17, 15) is 22.4 Å². The Labute approximate surface area is 220 Å². The first-order chi connectivity index (χ1) is 18.2. The summed E-state index contributed by atoms with van der Waals surface area (Å²) in [6, 6.07) is 11.5. The number of anilines is 2. The highest BCUT2D eigenvalue weighted by Crippen LogP contribution is 2.33. The molecule has 5 rings (SSSR count). The van der Waals surface area contributed by atoms with Crippen molar-refractivity contribution in [1.82, 2.24) is 9.97 Å². The number of ketones is 1. The molecular weight excluding hydrogens is 518 g/mol. The highest BCUT2D eigenvalue weighted by atomic mass is 32.2.